The number of hydrogen-bond donors (Lipinski definition) is 4. The van der Waals surface area contributed by atoms with Gasteiger partial charge in [0.25, 0.3) is 5.91 Å². The molecule has 4 N–H and O–H groups in total. The molecule has 39 heavy (non-hydrogen) atoms. The minimum atomic E-state index is -1.20. The van der Waals surface area contributed by atoms with E-state index in [1.54, 1.807) is 26.2 Å². The molecule has 0 aliphatic rings. The van der Waals surface area contributed by atoms with Gasteiger partial charge in [-0.15, -0.1) is 0 Å². The van der Waals surface area contributed by atoms with Crippen LogP contribution in [0.2, 0.25) is 0 Å². The number of carboxylic acid groups (broad SMARTS) is 1. The maximum absolute atomic E-state index is 13.4. The summed E-state index contributed by atoms with van der Waals surface area (Å²) in [6, 6.07) is 15.8. The van der Waals surface area contributed by atoms with Crippen LogP contribution in [0.15, 0.2) is 59.6 Å². The van der Waals surface area contributed by atoms with Crippen molar-refractivity contribution >= 4 is 52.3 Å². The lowest BCUT2D eigenvalue weighted by Gasteiger charge is -2.22. The molecule has 0 spiro atoms. The van der Waals surface area contributed by atoms with Gasteiger partial charge in [-0.1, -0.05) is 53.8 Å². The van der Waals surface area contributed by atoms with Crippen LogP contribution < -0.4 is 16.0 Å². The molecule has 0 fully saturated rings. The van der Waals surface area contributed by atoms with Gasteiger partial charge >= 0.3 is 6.09 Å². The summed E-state index contributed by atoms with van der Waals surface area (Å²) in [4.78, 5) is 58.7. The van der Waals surface area contributed by atoms with Crippen molar-refractivity contribution in [1.29, 1.82) is 0 Å². The van der Waals surface area contributed by atoms with Crippen molar-refractivity contribution in [3.63, 3.8) is 0 Å². The van der Waals surface area contributed by atoms with Crippen molar-refractivity contribution in [2.24, 2.45) is 4.99 Å². The summed E-state index contributed by atoms with van der Waals surface area (Å²) < 4.78 is 0. The van der Waals surface area contributed by atoms with Gasteiger partial charge in [0, 0.05) is 27.4 Å². The normalized spacial score (nSPS) is 11.6. The zero-order valence-electron chi connectivity index (χ0n) is 21.8. The molecule has 1 aromatic heterocycles. The van der Waals surface area contributed by atoms with Crippen LogP contribution in [0.4, 0.5) is 15.6 Å². The summed E-state index contributed by atoms with van der Waals surface area (Å²) in [7, 11) is 3.28. The molecule has 0 radical (unpaired) electrons. The van der Waals surface area contributed by atoms with E-state index in [9.17, 15) is 19.2 Å². The number of rotatable bonds is 11. The Bertz CT molecular complexity index is 1340. The lowest BCUT2D eigenvalue weighted by atomic mass is 10.0. The van der Waals surface area contributed by atoms with E-state index in [1.807, 2.05) is 42.5 Å². The summed E-state index contributed by atoms with van der Waals surface area (Å²) in [5.74, 6) is -0.979. The third-order valence-corrected chi connectivity index (χ3v) is 6.51. The number of thiazole rings is 1. The van der Waals surface area contributed by atoms with Crippen LogP contribution in [0.25, 0.3) is 0 Å². The number of carbonyl (C=O) groups is 4. The van der Waals surface area contributed by atoms with Gasteiger partial charge in [0.1, 0.15) is 10.9 Å². The van der Waals surface area contributed by atoms with Crippen LogP contribution in [0.1, 0.15) is 33.4 Å². The molecule has 4 amide bonds. The Morgan fingerprint density at radius 1 is 1.03 bits per heavy atom. The summed E-state index contributed by atoms with van der Waals surface area (Å²) in [5, 5.41) is 16.5. The first-order valence-electron chi connectivity index (χ1n) is 12.1. The molecule has 2 aromatic carbocycles. The number of anilines is 1. The second-order valence-electron chi connectivity index (χ2n) is 8.80. The first kappa shape index (κ1) is 29.0. The number of likely N-dealkylation sites (N-methyl/N-ethyl adjacent to an activating group) is 1. The largest absolute Gasteiger partial charge is 0.465 e. The van der Waals surface area contributed by atoms with Crippen LogP contribution in [0.5, 0.6) is 0 Å². The standard InChI is InChI=1S/C27H30N6O5S/c1-17(34)30-26-32-21(14-11-18-9-12-20(13-10-18)28-16-29-27(37)38)23(39-26)24(35)31-22(25(36)33(2)3)15-19-7-5-4-6-8-19/h4-10,12-13,16,22H,11,14-15H2,1-3H3,(H,28,29)(H,31,35)(H,37,38)(H,30,32,34)/t22-/m0/s1. The molecule has 3 rings (SSSR count). The fourth-order valence-electron chi connectivity index (χ4n) is 3.66. The molecule has 1 heterocycles. The predicted octanol–water partition coefficient (Wildman–Crippen LogP) is 3.24. The predicted molar refractivity (Wildman–Crippen MR) is 150 cm³/mol. The van der Waals surface area contributed by atoms with E-state index in [-0.39, 0.29) is 11.8 Å². The first-order valence-corrected chi connectivity index (χ1v) is 12.9. The topological polar surface area (TPSA) is 153 Å². The van der Waals surface area contributed by atoms with Crippen LogP contribution in [-0.2, 0) is 28.9 Å². The van der Waals surface area contributed by atoms with Crippen molar-refractivity contribution in [2.45, 2.75) is 32.2 Å². The number of benzene rings is 2. The molecule has 0 bridgehead atoms. The molecule has 0 saturated heterocycles. The van der Waals surface area contributed by atoms with Crippen molar-refractivity contribution in [3.05, 3.63) is 76.3 Å². The summed E-state index contributed by atoms with van der Waals surface area (Å²) >= 11 is 1.06. The van der Waals surface area contributed by atoms with Crippen LogP contribution in [0.3, 0.4) is 0 Å². The van der Waals surface area contributed by atoms with Gasteiger partial charge in [-0.05, 0) is 36.1 Å². The van der Waals surface area contributed by atoms with E-state index >= 15 is 0 Å². The molecule has 12 heteroatoms. The van der Waals surface area contributed by atoms with E-state index in [0.29, 0.717) is 40.7 Å². The Morgan fingerprint density at radius 2 is 1.72 bits per heavy atom. The second kappa shape index (κ2) is 13.8. The SMILES string of the molecule is CC(=O)Nc1nc(CCc2ccc(N=CNC(=O)O)cc2)c(C(=O)N[C@@H](Cc2ccccc2)C(=O)N(C)C)s1. The molecule has 0 aliphatic heterocycles. The molecular weight excluding hydrogens is 520 g/mol. The van der Waals surface area contributed by atoms with E-state index < -0.39 is 18.0 Å². The van der Waals surface area contributed by atoms with E-state index in [0.717, 1.165) is 28.8 Å². The van der Waals surface area contributed by atoms with Crippen molar-refractivity contribution in [3.8, 4) is 0 Å². The number of nitrogens with zero attached hydrogens (tertiary/aromatic N) is 3. The minimum Gasteiger partial charge on any atom is -0.465 e. The Balaban J connectivity index is 1.77. The fraction of sp³-hybridized carbons (Fsp3) is 0.259. The summed E-state index contributed by atoms with van der Waals surface area (Å²) in [6.07, 6.45) is 1.17. The van der Waals surface area contributed by atoms with Gasteiger partial charge in [-0.25, -0.2) is 14.8 Å². The highest BCUT2D eigenvalue weighted by Gasteiger charge is 2.26. The first-order chi connectivity index (χ1) is 18.6. The van der Waals surface area contributed by atoms with E-state index in [4.69, 9.17) is 5.11 Å². The molecule has 0 unspecified atom stereocenters. The molecule has 11 nitrogen and oxygen atoms in total. The smallest absolute Gasteiger partial charge is 0.409 e. The lowest BCUT2D eigenvalue weighted by Crippen LogP contribution is -2.47. The van der Waals surface area contributed by atoms with Gasteiger partial charge in [-0.2, -0.15) is 0 Å². The lowest BCUT2D eigenvalue weighted by molar-refractivity contribution is -0.130. The van der Waals surface area contributed by atoms with Gasteiger partial charge in [0.15, 0.2) is 5.13 Å². The third kappa shape index (κ3) is 9.04. The number of amides is 4. The Kier molecular flexibility index (Phi) is 10.3. The third-order valence-electron chi connectivity index (χ3n) is 5.50. The van der Waals surface area contributed by atoms with E-state index in [2.05, 4.69) is 25.9 Å². The molecular formula is C27H30N6O5S. The Morgan fingerprint density at radius 3 is 2.33 bits per heavy atom. The van der Waals surface area contributed by atoms with Crippen molar-refractivity contribution in [2.75, 3.05) is 19.4 Å². The van der Waals surface area contributed by atoms with Crippen molar-refractivity contribution in [1.82, 2.24) is 20.5 Å². The average molecular weight is 551 g/mol. The van der Waals surface area contributed by atoms with Gasteiger partial charge in [0.05, 0.1) is 17.7 Å². The summed E-state index contributed by atoms with van der Waals surface area (Å²) in [5.41, 5.74) is 2.94. The minimum absolute atomic E-state index is 0.235. The maximum atomic E-state index is 13.4. The number of nitrogens with one attached hydrogen (secondary N) is 3. The number of aliphatic imine (C=N–C) groups is 1. The molecule has 0 aliphatic carbocycles. The zero-order valence-corrected chi connectivity index (χ0v) is 22.6. The molecule has 204 valence electrons. The van der Waals surface area contributed by atoms with Gasteiger partial charge < -0.3 is 20.6 Å². The number of aromatic nitrogens is 1. The fourth-order valence-corrected chi connectivity index (χ4v) is 4.62. The highest BCUT2D eigenvalue weighted by molar-refractivity contribution is 7.17. The van der Waals surface area contributed by atoms with Gasteiger partial charge in [-0.3, -0.25) is 19.7 Å². The summed E-state index contributed by atoms with van der Waals surface area (Å²) in [6.45, 7) is 1.36. The van der Waals surface area contributed by atoms with Gasteiger partial charge in [0.2, 0.25) is 11.8 Å². The second-order valence-corrected chi connectivity index (χ2v) is 9.80. The Hall–Kier alpha value is -4.58. The van der Waals surface area contributed by atoms with E-state index in [1.165, 1.54) is 11.8 Å². The van der Waals surface area contributed by atoms with Crippen LogP contribution >= 0.6 is 11.3 Å². The molecule has 0 saturated carbocycles. The quantitative estimate of drug-likeness (QED) is 0.212. The van der Waals surface area contributed by atoms with Crippen LogP contribution in [0, 0.1) is 0 Å². The zero-order chi connectivity index (χ0) is 28.4. The maximum Gasteiger partial charge on any atom is 0.409 e. The number of aryl methyl sites for hydroxylation is 2. The monoisotopic (exact) mass is 550 g/mol. The van der Waals surface area contributed by atoms with Crippen molar-refractivity contribution < 1.29 is 24.3 Å². The number of carbonyl (C=O) groups excluding carboxylic acids is 3. The molecule has 1 atom stereocenters. The average Bonchev–Trinajstić information content (AvgIpc) is 3.29. The number of hydrogen-bond acceptors (Lipinski definition) is 7. The Labute approximate surface area is 230 Å². The van der Waals surface area contributed by atoms with Crippen LogP contribution in [-0.4, -0.2) is 65.3 Å². The highest BCUT2D eigenvalue weighted by atomic mass is 32.1. The highest BCUT2D eigenvalue weighted by Crippen LogP contribution is 2.25. The molecule has 3 aromatic rings.